The summed E-state index contributed by atoms with van der Waals surface area (Å²) in [6.45, 7) is 0. The molecule has 0 atom stereocenters. The molecular formula is C11H16O3. The Labute approximate surface area is 83.6 Å². The molecule has 0 aromatic heterocycles. The highest BCUT2D eigenvalue weighted by atomic mass is 16.5. The fourth-order valence-corrected chi connectivity index (χ4v) is 1.76. The van der Waals surface area contributed by atoms with Crippen molar-refractivity contribution < 1.29 is 15.3 Å². The first kappa shape index (κ1) is 10.9. The lowest BCUT2D eigenvalue weighted by Crippen LogP contribution is -2.10. The Balaban J connectivity index is 0.000000980. The van der Waals surface area contributed by atoms with Crippen molar-refractivity contribution in [2.45, 2.75) is 31.8 Å². The van der Waals surface area contributed by atoms with Crippen molar-refractivity contribution in [3.63, 3.8) is 0 Å². The summed E-state index contributed by atoms with van der Waals surface area (Å²) >= 11 is 0. The monoisotopic (exact) mass is 196 g/mol. The maximum atomic E-state index is 9.21. The van der Waals surface area contributed by atoms with Gasteiger partial charge in [-0.05, 0) is 37.8 Å². The fraction of sp³-hybridized carbons (Fsp3) is 0.455. The van der Waals surface area contributed by atoms with E-state index in [2.05, 4.69) is 0 Å². The molecule has 0 heterocycles. The third kappa shape index (κ3) is 2.64. The van der Waals surface area contributed by atoms with Crippen molar-refractivity contribution in [3.05, 3.63) is 24.3 Å². The van der Waals surface area contributed by atoms with E-state index in [0.717, 1.165) is 18.6 Å². The molecule has 1 aromatic rings. The molecule has 3 heteroatoms. The average molecular weight is 196 g/mol. The summed E-state index contributed by atoms with van der Waals surface area (Å²) in [6.07, 6.45) is 5.19. The summed E-state index contributed by atoms with van der Waals surface area (Å²) in [5.74, 6) is 1.06. The zero-order valence-electron chi connectivity index (χ0n) is 8.07. The van der Waals surface area contributed by atoms with Gasteiger partial charge < -0.3 is 15.3 Å². The van der Waals surface area contributed by atoms with Crippen LogP contribution in [0.5, 0.6) is 11.5 Å². The van der Waals surface area contributed by atoms with Gasteiger partial charge in [-0.3, -0.25) is 0 Å². The zero-order chi connectivity index (χ0) is 9.10. The predicted molar refractivity (Wildman–Crippen MR) is 54.6 cm³/mol. The third-order valence-electron chi connectivity index (χ3n) is 2.42. The van der Waals surface area contributed by atoms with Gasteiger partial charge in [0.25, 0.3) is 0 Å². The summed E-state index contributed by atoms with van der Waals surface area (Å²) in [5, 5.41) is 9.21. The summed E-state index contributed by atoms with van der Waals surface area (Å²) in [7, 11) is 0. The molecule has 0 saturated heterocycles. The molecule has 0 spiro atoms. The molecule has 0 bridgehead atoms. The SMILES string of the molecule is O.Oc1cccc(OC2CCCC2)c1. The molecule has 3 N–H and O–H groups in total. The van der Waals surface area contributed by atoms with Crippen molar-refractivity contribution in [2.75, 3.05) is 0 Å². The van der Waals surface area contributed by atoms with Gasteiger partial charge in [0.15, 0.2) is 0 Å². The van der Waals surface area contributed by atoms with Crippen LogP contribution in [0.15, 0.2) is 24.3 Å². The topological polar surface area (TPSA) is 61.0 Å². The minimum absolute atomic E-state index is 0. The van der Waals surface area contributed by atoms with E-state index >= 15 is 0 Å². The Morgan fingerprint density at radius 1 is 1.21 bits per heavy atom. The molecule has 1 aromatic carbocycles. The van der Waals surface area contributed by atoms with Crippen LogP contribution in [0.4, 0.5) is 0 Å². The number of aromatic hydroxyl groups is 1. The quantitative estimate of drug-likeness (QED) is 0.785. The Bertz CT molecular complexity index is 280. The van der Waals surface area contributed by atoms with Gasteiger partial charge in [0.05, 0.1) is 6.10 Å². The summed E-state index contributed by atoms with van der Waals surface area (Å²) in [6, 6.07) is 7.01. The Kier molecular flexibility index (Phi) is 3.77. The number of phenolic OH excluding ortho intramolecular Hbond substituents is 1. The second kappa shape index (κ2) is 4.86. The number of rotatable bonds is 2. The molecule has 1 fully saturated rings. The first-order valence-electron chi connectivity index (χ1n) is 4.80. The van der Waals surface area contributed by atoms with E-state index in [1.54, 1.807) is 18.2 Å². The van der Waals surface area contributed by atoms with Crippen LogP contribution < -0.4 is 4.74 Å². The molecule has 0 aliphatic heterocycles. The normalized spacial score (nSPS) is 16.3. The van der Waals surface area contributed by atoms with Gasteiger partial charge in [0, 0.05) is 6.07 Å². The van der Waals surface area contributed by atoms with Crippen molar-refractivity contribution in [2.24, 2.45) is 0 Å². The lowest BCUT2D eigenvalue weighted by Gasteiger charge is -2.12. The molecule has 0 unspecified atom stereocenters. The van der Waals surface area contributed by atoms with E-state index in [1.807, 2.05) is 6.07 Å². The van der Waals surface area contributed by atoms with Crippen LogP contribution in [0.1, 0.15) is 25.7 Å². The van der Waals surface area contributed by atoms with Gasteiger partial charge in [0.1, 0.15) is 11.5 Å². The van der Waals surface area contributed by atoms with Crippen molar-refractivity contribution >= 4 is 0 Å². The van der Waals surface area contributed by atoms with Crippen LogP contribution in [0.25, 0.3) is 0 Å². The Morgan fingerprint density at radius 3 is 2.57 bits per heavy atom. The summed E-state index contributed by atoms with van der Waals surface area (Å²) < 4.78 is 5.70. The number of hydrogen-bond donors (Lipinski definition) is 1. The maximum Gasteiger partial charge on any atom is 0.123 e. The van der Waals surface area contributed by atoms with Crippen LogP contribution in [0, 0.1) is 0 Å². The highest BCUT2D eigenvalue weighted by Gasteiger charge is 2.16. The molecule has 3 nitrogen and oxygen atoms in total. The molecule has 2 rings (SSSR count). The lowest BCUT2D eigenvalue weighted by molar-refractivity contribution is 0.209. The van der Waals surface area contributed by atoms with Gasteiger partial charge in [-0.15, -0.1) is 0 Å². The maximum absolute atomic E-state index is 9.21. The third-order valence-corrected chi connectivity index (χ3v) is 2.42. The molecule has 1 aliphatic carbocycles. The van der Waals surface area contributed by atoms with Gasteiger partial charge in [0.2, 0.25) is 0 Å². The smallest absolute Gasteiger partial charge is 0.123 e. The Morgan fingerprint density at radius 2 is 1.93 bits per heavy atom. The van der Waals surface area contributed by atoms with Gasteiger partial charge in [-0.25, -0.2) is 0 Å². The molecule has 1 aliphatic rings. The average Bonchev–Trinajstić information content (AvgIpc) is 2.57. The molecule has 0 radical (unpaired) electrons. The van der Waals surface area contributed by atoms with E-state index < -0.39 is 0 Å². The second-order valence-corrected chi connectivity index (χ2v) is 3.52. The second-order valence-electron chi connectivity index (χ2n) is 3.52. The number of hydrogen-bond acceptors (Lipinski definition) is 2. The number of benzene rings is 1. The molecule has 0 amide bonds. The van der Waals surface area contributed by atoms with E-state index in [-0.39, 0.29) is 11.2 Å². The minimum Gasteiger partial charge on any atom is -0.508 e. The van der Waals surface area contributed by atoms with Crippen LogP contribution in [-0.4, -0.2) is 16.7 Å². The lowest BCUT2D eigenvalue weighted by atomic mass is 10.3. The van der Waals surface area contributed by atoms with Gasteiger partial charge >= 0.3 is 0 Å². The zero-order valence-corrected chi connectivity index (χ0v) is 8.07. The van der Waals surface area contributed by atoms with Gasteiger partial charge in [-0.2, -0.15) is 0 Å². The van der Waals surface area contributed by atoms with Crippen molar-refractivity contribution in [1.29, 1.82) is 0 Å². The van der Waals surface area contributed by atoms with Gasteiger partial charge in [-0.1, -0.05) is 6.07 Å². The van der Waals surface area contributed by atoms with E-state index in [1.165, 1.54) is 12.8 Å². The fourth-order valence-electron chi connectivity index (χ4n) is 1.76. The Hall–Kier alpha value is -1.22. The summed E-state index contributed by atoms with van der Waals surface area (Å²) in [4.78, 5) is 0. The number of phenols is 1. The summed E-state index contributed by atoms with van der Waals surface area (Å²) in [5.41, 5.74) is 0. The van der Waals surface area contributed by atoms with E-state index in [4.69, 9.17) is 4.74 Å². The largest absolute Gasteiger partial charge is 0.508 e. The van der Waals surface area contributed by atoms with Crippen molar-refractivity contribution in [3.8, 4) is 11.5 Å². The molecule has 1 saturated carbocycles. The molecule has 14 heavy (non-hydrogen) atoms. The van der Waals surface area contributed by atoms with E-state index in [0.29, 0.717) is 6.10 Å². The highest BCUT2D eigenvalue weighted by Crippen LogP contribution is 2.25. The molecule has 78 valence electrons. The first-order valence-corrected chi connectivity index (χ1v) is 4.80. The first-order chi connectivity index (χ1) is 6.34. The highest BCUT2D eigenvalue weighted by molar-refractivity contribution is 5.31. The minimum atomic E-state index is 0. The standard InChI is InChI=1S/C11H14O2.H2O/c12-9-4-3-7-11(8-9)13-10-5-1-2-6-10;/h3-4,7-8,10,12H,1-2,5-6H2;1H2. The predicted octanol–water partition coefficient (Wildman–Crippen LogP) is 1.89. The molecular weight excluding hydrogens is 180 g/mol. The number of ether oxygens (including phenoxy) is 1. The van der Waals surface area contributed by atoms with E-state index in [9.17, 15) is 5.11 Å². The van der Waals surface area contributed by atoms with Crippen LogP contribution >= 0.6 is 0 Å². The van der Waals surface area contributed by atoms with Crippen LogP contribution in [0.3, 0.4) is 0 Å². The van der Waals surface area contributed by atoms with Crippen LogP contribution in [0.2, 0.25) is 0 Å². The van der Waals surface area contributed by atoms with Crippen LogP contribution in [-0.2, 0) is 0 Å². The van der Waals surface area contributed by atoms with Crippen molar-refractivity contribution in [1.82, 2.24) is 0 Å².